The number of rotatable bonds is 5. The van der Waals surface area contributed by atoms with Gasteiger partial charge in [0.2, 0.25) is 5.91 Å². The monoisotopic (exact) mass is 447 g/mol. The average Bonchev–Trinajstić information content (AvgIpc) is 3.24. The molecule has 1 aliphatic carbocycles. The van der Waals surface area contributed by atoms with E-state index in [1.54, 1.807) is 0 Å². The molecule has 2 aromatic rings. The Morgan fingerprint density at radius 1 is 1.00 bits per heavy atom. The molecule has 33 heavy (non-hydrogen) atoms. The maximum atomic E-state index is 13.3. The summed E-state index contributed by atoms with van der Waals surface area (Å²) >= 11 is 0. The molecule has 0 saturated heterocycles. The van der Waals surface area contributed by atoms with Gasteiger partial charge >= 0.3 is 0 Å². The van der Waals surface area contributed by atoms with E-state index in [1.807, 2.05) is 34.6 Å². The number of nitrogens with zero attached hydrogens (tertiary/aromatic N) is 1. The van der Waals surface area contributed by atoms with E-state index >= 15 is 0 Å². The Labute approximate surface area is 203 Å². The quantitative estimate of drug-likeness (QED) is 0.450. The molecule has 0 N–H and O–H groups in total. The molecule has 0 fully saturated rings. The highest BCUT2D eigenvalue weighted by molar-refractivity contribution is 5.84. The second-order valence-corrected chi connectivity index (χ2v) is 8.59. The lowest BCUT2D eigenvalue weighted by Gasteiger charge is -2.44. The van der Waals surface area contributed by atoms with E-state index < -0.39 is 0 Å². The zero-order valence-electron chi connectivity index (χ0n) is 22.3. The van der Waals surface area contributed by atoms with Crippen LogP contribution in [0.1, 0.15) is 108 Å². The summed E-state index contributed by atoms with van der Waals surface area (Å²) in [5.41, 5.74) is 9.77. The maximum Gasteiger partial charge on any atom is 0.223 e. The average molecular weight is 448 g/mol. The van der Waals surface area contributed by atoms with Gasteiger partial charge in [-0.1, -0.05) is 97.4 Å². The molecule has 180 valence electrons. The summed E-state index contributed by atoms with van der Waals surface area (Å²) in [6, 6.07) is 16.0. The van der Waals surface area contributed by atoms with Gasteiger partial charge in [-0.2, -0.15) is 0 Å². The molecule has 1 heterocycles. The van der Waals surface area contributed by atoms with Gasteiger partial charge in [-0.3, -0.25) is 4.79 Å². The number of carbonyl (C=O) groups excluding carboxylic acids is 1. The van der Waals surface area contributed by atoms with Crippen LogP contribution in [0.5, 0.6) is 0 Å². The number of amides is 1. The van der Waals surface area contributed by atoms with Crippen molar-refractivity contribution in [1.82, 2.24) is 4.90 Å². The Bertz CT molecular complexity index is 955. The summed E-state index contributed by atoms with van der Waals surface area (Å²) < 4.78 is 0. The topological polar surface area (TPSA) is 20.3 Å². The molecule has 0 aromatic heterocycles. The first-order chi connectivity index (χ1) is 16.1. The minimum atomic E-state index is 0.0710. The predicted octanol–water partition coefficient (Wildman–Crippen LogP) is 8.47. The third kappa shape index (κ3) is 5.42. The van der Waals surface area contributed by atoms with Gasteiger partial charge in [-0.15, -0.1) is 0 Å². The molecule has 1 aliphatic heterocycles. The standard InChI is InChI=1S/C27H33NO.2C2H6/c1-5-10-21-17-24-22-12-9-8-11-20(22)16-25(24)27(28(21)26(29)7-3)23-15-19(6-2)14-13-18(23)4;2*1-2/h8-9,11-15,21,27H,5-7,10,16-17H2,1-4H3;2*1-2H3/t21-,27-;;/m1../s1. The molecule has 2 nitrogen and oxygen atoms in total. The predicted molar refractivity (Wildman–Crippen MR) is 144 cm³/mol. The summed E-state index contributed by atoms with van der Waals surface area (Å²) in [6.07, 6.45) is 5.72. The van der Waals surface area contributed by atoms with Gasteiger partial charge in [0.1, 0.15) is 0 Å². The van der Waals surface area contributed by atoms with E-state index in [0.29, 0.717) is 6.42 Å². The zero-order valence-corrected chi connectivity index (χ0v) is 22.3. The molecular formula is C31H45NO. The summed E-state index contributed by atoms with van der Waals surface area (Å²) in [6.45, 7) is 16.7. The van der Waals surface area contributed by atoms with E-state index in [0.717, 1.165) is 32.1 Å². The molecule has 0 bridgehead atoms. The van der Waals surface area contributed by atoms with E-state index in [4.69, 9.17) is 0 Å². The highest BCUT2D eigenvalue weighted by Crippen LogP contribution is 2.50. The molecule has 4 rings (SSSR count). The van der Waals surface area contributed by atoms with Crippen molar-refractivity contribution in [2.75, 3.05) is 0 Å². The van der Waals surface area contributed by atoms with Crippen LogP contribution in [-0.2, 0) is 17.6 Å². The lowest BCUT2D eigenvalue weighted by Crippen LogP contribution is -2.46. The number of hydrogen-bond acceptors (Lipinski definition) is 1. The van der Waals surface area contributed by atoms with Gasteiger partial charge < -0.3 is 4.90 Å². The number of fused-ring (bicyclic) bond motifs is 2. The van der Waals surface area contributed by atoms with E-state index in [-0.39, 0.29) is 18.0 Å². The van der Waals surface area contributed by atoms with Crippen molar-refractivity contribution >= 4 is 11.5 Å². The van der Waals surface area contributed by atoms with Gasteiger partial charge in [0.15, 0.2) is 0 Å². The van der Waals surface area contributed by atoms with Crippen LogP contribution in [0, 0.1) is 6.92 Å². The minimum absolute atomic E-state index is 0.0710. The highest BCUT2D eigenvalue weighted by atomic mass is 16.2. The summed E-state index contributed by atoms with van der Waals surface area (Å²) in [5, 5.41) is 0. The number of carbonyl (C=O) groups is 1. The number of hydrogen-bond donors (Lipinski definition) is 0. The first kappa shape index (κ1) is 26.9. The molecular weight excluding hydrogens is 402 g/mol. The summed E-state index contributed by atoms with van der Waals surface area (Å²) in [5.74, 6) is 0.289. The summed E-state index contributed by atoms with van der Waals surface area (Å²) in [4.78, 5) is 15.5. The van der Waals surface area contributed by atoms with Crippen molar-refractivity contribution in [3.8, 4) is 0 Å². The van der Waals surface area contributed by atoms with Crippen LogP contribution in [0.25, 0.3) is 5.57 Å². The first-order valence-corrected chi connectivity index (χ1v) is 13.3. The molecule has 2 atom stereocenters. The number of benzene rings is 2. The fourth-order valence-corrected chi connectivity index (χ4v) is 5.32. The van der Waals surface area contributed by atoms with Crippen LogP contribution in [0.15, 0.2) is 48.0 Å². The minimum Gasteiger partial charge on any atom is -0.329 e. The molecule has 1 amide bonds. The second kappa shape index (κ2) is 12.8. The summed E-state index contributed by atoms with van der Waals surface area (Å²) in [7, 11) is 0. The zero-order chi connectivity index (χ0) is 24.5. The van der Waals surface area contributed by atoms with E-state index in [2.05, 4.69) is 68.1 Å². The molecule has 0 spiro atoms. The SMILES string of the molecule is CC.CC.CCC[C@@H]1CC2=C(Cc3ccccc32)[C@@H](c2cc(CC)ccc2C)N1C(=O)CC. The van der Waals surface area contributed by atoms with Crippen LogP contribution < -0.4 is 0 Å². The van der Waals surface area contributed by atoms with Crippen LogP contribution in [0.3, 0.4) is 0 Å². The smallest absolute Gasteiger partial charge is 0.223 e. The van der Waals surface area contributed by atoms with Gasteiger partial charge in [-0.05, 0) is 71.6 Å². The van der Waals surface area contributed by atoms with E-state index in [9.17, 15) is 4.79 Å². The molecule has 0 unspecified atom stereocenters. The molecule has 2 aliphatic rings. The van der Waals surface area contributed by atoms with Crippen molar-refractivity contribution < 1.29 is 4.79 Å². The Hall–Kier alpha value is -2.35. The third-order valence-electron chi connectivity index (χ3n) is 6.81. The molecule has 2 aromatic carbocycles. The normalized spacial score (nSPS) is 18.5. The van der Waals surface area contributed by atoms with Gasteiger partial charge in [-0.25, -0.2) is 0 Å². The number of aryl methyl sites for hydroxylation is 2. The highest BCUT2D eigenvalue weighted by Gasteiger charge is 2.42. The fraction of sp³-hybridized carbons (Fsp3) is 0.516. The molecule has 0 radical (unpaired) electrons. The largest absolute Gasteiger partial charge is 0.329 e. The van der Waals surface area contributed by atoms with Crippen molar-refractivity contribution in [3.05, 3.63) is 75.9 Å². The fourth-order valence-electron chi connectivity index (χ4n) is 5.32. The second-order valence-electron chi connectivity index (χ2n) is 8.59. The van der Waals surface area contributed by atoms with Gasteiger partial charge in [0.25, 0.3) is 0 Å². The van der Waals surface area contributed by atoms with Gasteiger partial charge in [0, 0.05) is 12.5 Å². The lowest BCUT2D eigenvalue weighted by atomic mass is 9.81. The van der Waals surface area contributed by atoms with Crippen LogP contribution >= 0.6 is 0 Å². The van der Waals surface area contributed by atoms with Crippen molar-refractivity contribution in [2.24, 2.45) is 0 Å². The first-order valence-electron chi connectivity index (χ1n) is 13.3. The maximum absolute atomic E-state index is 13.3. The van der Waals surface area contributed by atoms with Crippen LogP contribution in [0.4, 0.5) is 0 Å². The van der Waals surface area contributed by atoms with Crippen LogP contribution in [-0.4, -0.2) is 16.8 Å². The van der Waals surface area contributed by atoms with Gasteiger partial charge in [0.05, 0.1) is 6.04 Å². The lowest BCUT2D eigenvalue weighted by molar-refractivity contribution is -0.135. The Balaban J connectivity index is 0.000000914. The molecule has 0 saturated carbocycles. The van der Waals surface area contributed by atoms with E-state index in [1.165, 1.54) is 39.0 Å². The van der Waals surface area contributed by atoms with Crippen molar-refractivity contribution in [2.45, 2.75) is 106 Å². The van der Waals surface area contributed by atoms with Crippen molar-refractivity contribution in [1.29, 1.82) is 0 Å². The Morgan fingerprint density at radius 3 is 2.33 bits per heavy atom. The van der Waals surface area contributed by atoms with Crippen molar-refractivity contribution in [3.63, 3.8) is 0 Å². The third-order valence-corrected chi connectivity index (χ3v) is 6.81. The molecule has 2 heteroatoms. The Kier molecular flexibility index (Phi) is 10.4. The van der Waals surface area contributed by atoms with Crippen LogP contribution in [0.2, 0.25) is 0 Å². The Morgan fingerprint density at radius 2 is 1.70 bits per heavy atom.